The van der Waals surface area contributed by atoms with E-state index < -0.39 is 5.54 Å². The van der Waals surface area contributed by atoms with Crippen LogP contribution in [0, 0.1) is 0 Å². The molecule has 0 atom stereocenters. The molecule has 92 valence electrons. The van der Waals surface area contributed by atoms with E-state index in [1.165, 1.54) is 11.3 Å². The van der Waals surface area contributed by atoms with Crippen LogP contribution in [0.1, 0.15) is 25.1 Å². The van der Waals surface area contributed by atoms with E-state index in [1.54, 1.807) is 30.5 Å². The lowest BCUT2D eigenvalue weighted by molar-refractivity contribution is -0.137. The van der Waals surface area contributed by atoms with Crippen molar-refractivity contribution < 1.29 is 9.59 Å². The summed E-state index contributed by atoms with van der Waals surface area (Å²) in [6, 6.07) is 0. The molecule has 2 heterocycles. The molecule has 0 spiro atoms. The number of carbonyl (C=O) groups is 2. The van der Waals surface area contributed by atoms with E-state index in [9.17, 15) is 9.59 Å². The van der Waals surface area contributed by atoms with Crippen LogP contribution < -0.4 is 5.32 Å². The Bertz CT molecular complexity index is 428. The fourth-order valence-electron chi connectivity index (χ4n) is 1.86. The normalized spacial score (nSPS) is 20.0. The van der Waals surface area contributed by atoms with Crippen LogP contribution in [0.4, 0.5) is 0 Å². The topological polar surface area (TPSA) is 62.3 Å². The molecule has 1 fully saturated rings. The van der Waals surface area contributed by atoms with Gasteiger partial charge in [0.15, 0.2) is 0 Å². The summed E-state index contributed by atoms with van der Waals surface area (Å²) in [4.78, 5) is 30.5. The van der Waals surface area contributed by atoms with Gasteiger partial charge in [-0.2, -0.15) is 0 Å². The van der Waals surface area contributed by atoms with E-state index in [4.69, 9.17) is 0 Å². The fraction of sp³-hybridized carbons (Fsp3) is 0.545. The Balaban J connectivity index is 2.16. The maximum Gasteiger partial charge on any atom is 0.248 e. The number of amides is 2. The van der Waals surface area contributed by atoms with E-state index in [0.29, 0.717) is 19.5 Å². The molecule has 1 aliphatic rings. The fourth-order valence-corrected chi connectivity index (χ4v) is 2.47. The first-order chi connectivity index (χ1) is 7.99. The predicted molar refractivity (Wildman–Crippen MR) is 64.4 cm³/mol. The van der Waals surface area contributed by atoms with Crippen molar-refractivity contribution in [1.82, 2.24) is 15.2 Å². The zero-order valence-electron chi connectivity index (χ0n) is 9.90. The first-order valence-corrected chi connectivity index (χ1v) is 6.35. The first-order valence-electron chi connectivity index (χ1n) is 5.47. The molecule has 17 heavy (non-hydrogen) atoms. The second kappa shape index (κ2) is 4.44. The Morgan fingerprint density at radius 2 is 2.29 bits per heavy atom. The van der Waals surface area contributed by atoms with Crippen LogP contribution in [-0.2, 0) is 16.1 Å². The molecular formula is C11H15N3O2S. The molecule has 1 saturated heterocycles. The molecule has 0 unspecified atom stereocenters. The SMILES string of the molecule is CC1(C)NC(=O)CCN(Cc2cncs2)C1=O. The summed E-state index contributed by atoms with van der Waals surface area (Å²) in [6.45, 7) is 4.46. The Kier molecular flexibility index (Phi) is 3.15. The number of hydrogen-bond donors (Lipinski definition) is 1. The number of nitrogens with one attached hydrogen (secondary N) is 1. The Morgan fingerprint density at radius 1 is 1.53 bits per heavy atom. The van der Waals surface area contributed by atoms with Crippen molar-refractivity contribution in [2.45, 2.75) is 32.4 Å². The lowest BCUT2D eigenvalue weighted by atomic mass is 10.0. The number of aromatic nitrogens is 1. The summed E-state index contributed by atoms with van der Waals surface area (Å²) in [7, 11) is 0. The van der Waals surface area contributed by atoms with Crippen molar-refractivity contribution in [2.24, 2.45) is 0 Å². The number of nitrogens with zero attached hydrogens (tertiary/aromatic N) is 2. The van der Waals surface area contributed by atoms with Gasteiger partial charge in [-0.05, 0) is 13.8 Å². The molecule has 0 radical (unpaired) electrons. The van der Waals surface area contributed by atoms with E-state index in [0.717, 1.165) is 4.88 Å². The molecule has 6 heteroatoms. The Morgan fingerprint density at radius 3 is 2.94 bits per heavy atom. The van der Waals surface area contributed by atoms with Gasteiger partial charge < -0.3 is 10.2 Å². The van der Waals surface area contributed by atoms with Crippen LogP contribution in [0.3, 0.4) is 0 Å². The van der Waals surface area contributed by atoms with Gasteiger partial charge in [0, 0.05) is 24.0 Å². The average molecular weight is 253 g/mol. The highest BCUT2D eigenvalue weighted by Crippen LogP contribution is 2.17. The summed E-state index contributed by atoms with van der Waals surface area (Å²) in [5.74, 6) is -0.119. The van der Waals surface area contributed by atoms with Gasteiger partial charge >= 0.3 is 0 Å². The van der Waals surface area contributed by atoms with Gasteiger partial charge in [-0.3, -0.25) is 14.6 Å². The second-order valence-electron chi connectivity index (χ2n) is 4.62. The van der Waals surface area contributed by atoms with Crippen molar-refractivity contribution in [3.05, 3.63) is 16.6 Å². The molecule has 1 aliphatic heterocycles. The molecule has 2 rings (SSSR count). The van der Waals surface area contributed by atoms with Gasteiger partial charge in [0.25, 0.3) is 0 Å². The average Bonchev–Trinajstić information content (AvgIpc) is 2.71. The minimum Gasteiger partial charge on any atom is -0.342 e. The highest BCUT2D eigenvalue weighted by molar-refractivity contribution is 7.09. The number of carbonyl (C=O) groups excluding carboxylic acids is 2. The van der Waals surface area contributed by atoms with Crippen molar-refractivity contribution in [3.8, 4) is 0 Å². The molecule has 0 bridgehead atoms. The molecule has 0 aromatic carbocycles. The number of hydrogen-bond acceptors (Lipinski definition) is 4. The lowest BCUT2D eigenvalue weighted by Gasteiger charge is -2.28. The van der Waals surface area contributed by atoms with Crippen LogP contribution in [0.2, 0.25) is 0 Å². The van der Waals surface area contributed by atoms with Gasteiger partial charge in [0.2, 0.25) is 11.8 Å². The van der Waals surface area contributed by atoms with Crippen molar-refractivity contribution in [1.29, 1.82) is 0 Å². The Labute approximate surface area is 104 Å². The number of thiazole rings is 1. The Hall–Kier alpha value is -1.43. The van der Waals surface area contributed by atoms with E-state index >= 15 is 0 Å². The van der Waals surface area contributed by atoms with Crippen LogP contribution in [-0.4, -0.2) is 33.8 Å². The zero-order chi connectivity index (χ0) is 12.5. The van der Waals surface area contributed by atoms with E-state index in [1.807, 2.05) is 0 Å². The van der Waals surface area contributed by atoms with Gasteiger partial charge in [0.05, 0.1) is 12.1 Å². The van der Waals surface area contributed by atoms with Crippen LogP contribution >= 0.6 is 11.3 Å². The summed E-state index contributed by atoms with van der Waals surface area (Å²) < 4.78 is 0. The maximum atomic E-state index is 12.2. The van der Waals surface area contributed by atoms with Gasteiger partial charge in [-0.15, -0.1) is 11.3 Å². The molecule has 2 amide bonds. The summed E-state index contributed by atoms with van der Waals surface area (Å²) in [5, 5.41) is 2.74. The zero-order valence-corrected chi connectivity index (χ0v) is 10.7. The first kappa shape index (κ1) is 12.0. The van der Waals surface area contributed by atoms with Gasteiger partial charge in [0.1, 0.15) is 5.54 Å². The monoisotopic (exact) mass is 253 g/mol. The molecule has 5 nitrogen and oxygen atoms in total. The second-order valence-corrected chi connectivity index (χ2v) is 5.59. The highest BCUT2D eigenvalue weighted by atomic mass is 32.1. The molecule has 0 saturated carbocycles. The molecule has 1 N–H and O–H groups in total. The van der Waals surface area contributed by atoms with Gasteiger partial charge in [-0.1, -0.05) is 0 Å². The standard InChI is InChI=1S/C11H15N3O2S/c1-11(2)10(16)14(4-3-9(15)13-11)6-8-5-12-7-17-8/h5,7H,3-4,6H2,1-2H3,(H,13,15). The largest absolute Gasteiger partial charge is 0.342 e. The molecule has 0 aliphatic carbocycles. The smallest absolute Gasteiger partial charge is 0.248 e. The predicted octanol–water partition coefficient (Wildman–Crippen LogP) is 0.770. The van der Waals surface area contributed by atoms with Crippen LogP contribution in [0.15, 0.2) is 11.7 Å². The van der Waals surface area contributed by atoms with Gasteiger partial charge in [-0.25, -0.2) is 0 Å². The highest BCUT2D eigenvalue weighted by Gasteiger charge is 2.36. The minimum absolute atomic E-state index is 0.0447. The van der Waals surface area contributed by atoms with E-state index in [-0.39, 0.29) is 11.8 Å². The van der Waals surface area contributed by atoms with E-state index in [2.05, 4.69) is 10.3 Å². The van der Waals surface area contributed by atoms with Crippen LogP contribution in [0.5, 0.6) is 0 Å². The maximum absolute atomic E-state index is 12.2. The lowest BCUT2D eigenvalue weighted by Crippen LogP contribution is -2.52. The third-order valence-corrected chi connectivity index (χ3v) is 3.48. The van der Waals surface area contributed by atoms with Crippen molar-refractivity contribution >= 4 is 23.2 Å². The quantitative estimate of drug-likeness (QED) is 0.847. The third-order valence-electron chi connectivity index (χ3n) is 2.71. The minimum atomic E-state index is -0.821. The summed E-state index contributed by atoms with van der Waals surface area (Å²) in [5.41, 5.74) is 0.921. The van der Waals surface area contributed by atoms with Crippen LogP contribution in [0.25, 0.3) is 0 Å². The molecule has 1 aromatic heterocycles. The summed E-state index contributed by atoms with van der Waals surface area (Å²) in [6.07, 6.45) is 2.11. The number of rotatable bonds is 2. The van der Waals surface area contributed by atoms with Crippen molar-refractivity contribution in [3.63, 3.8) is 0 Å². The molecule has 1 aromatic rings. The summed E-state index contributed by atoms with van der Waals surface area (Å²) >= 11 is 1.52. The molecular weight excluding hydrogens is 238 g/mol. The van der Waals surface area contributed by atoms with Crippen molar-refractivity contribution in [2.75, 3.05) is 6.54 Å². The third kappa shape index (κ3) is 2.63.